The van der Waals surface area contributed by atoms with Gasteiger partial charge in [-0.3, -0.25) is 0 Å². The Hall–Kier alpha value is -1.37. The van der Waals surface area contributed by atoms with Gasteiger partial charge < -0.3 is 9.84 Å². The quantitative estimate of drug-likeness (QED) is 0.784. The Labute approximate surface area is 113 Å². The molecule has 19 heavy (non-hydrogen) atoms. The fraction of sp³-hybridized carbons (Fsp3) is 0.385. The smallest absolute Gasteiger partial charge is 0.243 e. The third-order valence-corrected chi connectivity index (χ3v) is 4.84. The summed E-state index contributed by atoms with van der Waals surface area (Å²) in [5.74, 6) is 0.747. The maximum Gasteiger partial charge on any atom is 0.243 e. The predicted octanol–water partition coefficient (Wildman–Crippen LogP) is 0.790. The zero-order valence-electron chi connectivity index (χ0n) is 10.6. The van der Waals surface area contributed by atoms with Crippen LogP contribution in [0, 0.1) is 0 Å². The van der Waals surface area contributed by atoms with Crippen LogP contribution in [0.3, 0.4) is 0 Å². The predicted molar refractivity (Wildman–Crippen MR) is 71.7 cm³/mol. The molecule has 0 saturated carbocycles. The molecule has 0 bridgehead atoms. The van der Waals surface area contributed by atoms with Crippen LogP contribution in [0.15, 0.2) is 35.7 Å². The van der Waals surface area contributed by atoms with E-state index in [1.807, 2.05) is 0 Å². The minimum absolute atomic E-state index is 0.0575. The van der Waals surface area contributed by atoms with Gasteiger partial charge >= 0.3 is 0 Å². The summed E-state index contributed by atoms with van der Waals surface area (Å²) in [4.78, 5) is 0.229. The van der Waals surface area contributed by atoms with Gasteiger partial charge in [0, 0.05) is 19.5 Å². The van der Waals surface area contributed by atoms with E-state index in [-0.39, 0.29) is 24.6 Å². The Balaban J connectivity index is 2.34. The summed E-state index contributed by atoms with van der Waals surface area (Å²) in [5.41, 5.74) is 0.906. The molecule has 1 aliphatic heterocycles. The number of fused-ring (bicyclic) bond motifs is 1. The van der Waals surface area contributed by atoms with Crippen LogP contribution in [-0.4, -0.2) is 44.1 Å². The van der Waals surface area contributed by atoms with E-state index in [1.165, 1.54) is 16.4 Å². The van der Waals surface area contributed by atoms with Gasteiger partial charge in [-0.1, -0.05) is 6.08 Å². The van der Waals surface area contributed by atoms with Gasteiger partial charge in [-0.15, -0.1) is 6.58 Å². The molecule has 2 rings (SSSR count). The summed E-state index contributed by atoms with van der Waals surface area (Å²) in [6.07, 6.45) is 2.23. The van der Waals surface area contributed by atoms with Gasteiger partial charge in [0.05, 0.1) is 18.1 Å². The van der Waals surface area contributed by atoms with E-state index < -0.39 is 10.0 Å². The van der Waals surface area contributed by atoms with E-state index in [9.17, 15) is 8.42 Å². The van der Waals surface area contributed by atoms with E-state index in [2.05, 4.69) is 6.58 Å². The van der Waals surface area contributed by atoms with Crippen molar-refractivity contribution in [1.29, 1.82) is 0 Å². The first-order valence-electron chi connectivity index (χ1n) is 6.07. The molecule has 6 heteroatoms. The number of hydrogen-bond donors (Lipinski definition) is 1. The number of rotatable bonds is 6. The van der Waals surface area contributed by atoms with Crippen molar-refractivity contribution in [3.05, 3.63) is 36.4 Å². The lowest BCUT2D eigenvalue weighted by Gasteiger charge is -2.19. The standard InChI is InChI=1S/C13H17NO4S/c1-2-6-14(7-8-15)19(16,17)12-3-4-13-11(10-12)5-9-18-13/h2-4,10,15H,1,5-9H2. The summed E-state index contributed by atoms with van der Waals surface area (Å²) in [6, 6.07) is 4.86. The third kappa shape index (κ3) is 2.80. The van der Waals surface area contributed by atoms with Crippen LogP contribution in [-0.2, 0) is 16.4 Å². The van der Waals surface area contributed by atoms with E-state index in [1.54, 1.807) is 12.1 Å². The molecule has 0 aromatic heterocycles. The van der Waals surface area contributed by atoms with Crippen molar-refractivity contribution < 1.29 is 18.3 Å². The molecule has 0 spiro atoms. The average molecular weight is 283 g/mol. The minimum Gasteiger partial charge on any atom is -0.493 e. The molecule has 0 atom stereocenters. The zero-order chi connectivity index (χ0) is 13.9. The van der Waals surface area contributed by atoms with E-state index in [0.29, 0.717) is 6.61 Å². The van der Waals surface area contributed by atoms with E-state index in [4.69, 9.17) is 9.84 Å². The lowest BCUT2D eigenvalue weighted by Crippen LogP contribution is -2.33. The van der Waals surface area contributed by atoms with Gasteiger partial charge in [-0.25, -0.2) is 8.42 Å². The second kappa shape index (κ2) is 5.73. The number of aliphatic hydroxyl groups excluding tert-OH is 1. The number of aliphatic hydroxyl groups is 1. The zero-order valence-corrected chi connectivity index (χ0v) is 11.4. The van der Waals surface area contributed by atoms with Crippen LogP contribution in [0.1, 0.15) is 5.56 Å². The van der Waals surface area contributed by atoms with Crippen molar-refractivity contribution in [2.45, 2.75) is 11.3 Å². The van der Waals surface area contributed by atoms with Crippen LogP contribution in [0.25, 0.3) is 0 Å². The van der Waals surface area contributed by atoms with Gasteiger partial charge in [0.2, 0.25) is 10.0 Å². The van der Waals surface area contributed by atoms with Gasteiger partial charge in [0.25, 0.3) is 0 Å². The average Bonchev–Trinajstić information content (AvgIpc) is 2.85. The molecule has 0 fully saturated rings. The first kappa shape index (κ1) is 14.0. The Morgan fingerprint density at radius 2 is 2.26 bits per heavy atom. The Morgan fingerprint density at radius 1 is 1.47 bits per heavy atom. The Bertz CT molecular complexity index is 568. The SMILES string of the molecule is C=CCN(CCO)S(=O)(=O)c1ccc2c(c1)CCO2. The fourth-order valence-corrected chi connectivity index (χ4v) is 3.49. The first-order chi connectivity index (χ1) is 9.09. The molecule has 1 aliphatic rings. The number of sulfonamides is 1. The highest BCUT2D eigenvalue weighted by molar-refractivity contribution is 7.89. The molecule has 5 nitrogen and oxygen atoms in total. The molecule has 1 aromatic rings. The van der Waals surface area contributed by atoms with Crippen molar-refractivity contribution in [3.63, 3.8) is 0 Å². The number of ether oxygens (including phenoxy) is 1. The van der Waals surface area contributed by atoms with Crippen molar-refractivity contribution in [2.75, 3.05) is 26.3 Å². The topological polar surface area (TPSA) is 66.8 Å². The monoisotopic (exact) mass is 283 g/mol. The van der Waals surface area contributed by atoms with Gasteiger partial charge in [0.1, 0.15) is 5.75 Å². The summed E-state index contributed by atoms with van der Waals surface area (Å²) in [5, 5.41) is 8.97. The normalized spacial score (nSPS) is 14.2. The van der Waals surface area contributed by atoms with Crippen LogP contribution in [0.4, 0.5) is 0 Å². The summed E-state index contributed by atoms with van der Waals surface area (Å²) in [7, 11) is -3.60. The number of nitrogens with zero attached hydrogens (tertiary/aromatic N) is 1. The molecule has 1 heterocycles. The molecule has 0 amide bonds. The second-order valence-electron chi connectivity index (χ2n) is 4.24. The third-order valence-electron chi connectivity index (χ3n) is 2.98. The highest BCUT2D eigenvalue weighted by atomic mass is 32.2. The van der Waals surface area contributed by atoms with Crippen molar-refractivity contribution in [3.8, 4) is 5.75 Å². The Morgan fingerprint density at radius 3 is 2.95 bits per heavy atom. The molecule has 1 N–H and O–H groups in total. The summed E-state index contributed by atoms with van der Waals surface area (Å²) >= 11 is 0. The lowest BCUT2D eigenvalue weighted by molar-refractivity contribution is 0.260. The number of benzene rings is 1. The van der Waals surface area contributed by atoms with Crippen LogP contribution >= 0.6 is 0 Å². The van der Waals surface area contributed by atoms with Crippen LogP contribution in [0.5, 0.6) is 5.75 Å². The molecular formula is C13H17NO4S. The Kier molecular flexibility index (Phi) is 4.24. The molecule has 0 radical (unpaired) electrons. The summed E-state index contributed by atoms with van der Waals surface area (Å²) < 4.78 is 31.4. The van der Waals surface area contributed by atoms with Gasteiger partial charge in [-0.05, 0) is 23.8 Å². The minimum atomic E-state index is -3.60. The van der Waals surface area contributed by atoms with Crippen LogP contribution in [0.2, 0.25) is 0 Å². The second-order valence-corrected chi connectivity index (χ2v) is 6.18. The highest BCUT2D eigenvalue weighted by Gasteiger charge is 2.25. The lowest BCUT2D eigenvalue weighted by atomic mass is 10.2. The van der Waals surface area contributed by atoms with Crippen molar-refractivity contribution in [2.24, 2.45) is 0 Å². The van der Waals surface area contributed by atoms with E-state index >= 15 is 0 Å². The van der Waals surface area contributed by atoms with Crippen LogP contribution < -0.4 is 4.74 Å². The number of hydrogen-bond acceptors (Lipinski definition) is 4. The van der Waals surface area contributed by atoms with Gasteiger partial charge in [-0.2, -0.15) is 4.31 Å². The molecule has 0 unspecified atom stereocenters. The molecular weight excluding hydrogens is 266 g/mol. The van der Waals surface area contributed by atoms with E-state index in [0.717, 1.165) is 17.7 Å². The van der Waals surface area contributed by atoms with Gasteiger partial charge in [0.15, 0.2) is 0 Å². The first-order valence-corrected chi connectivity index (χ1v) is 7.51. The molecule has 0 saturated heterocycles. The maximum absolute atomic E-state index is 12.4. The fourth-order valence-electron chi connectivity index (χ4n) is 2.04. The highest BCUT2D eigenvalue weighted by Crippen LogP contribution is 2.28. The molecule has 0 aliphatic carbocycles. The van der Waals surface area contributed by atoms with Crippen molar-refractivity contribution >= 4 is 10.0 Å². The molecule has 1 aromatic carbocycles. The maximum atomic E-state index is 12.4. The summed E-state index contributed by atoms with van der Waals surface area (Å²) in [6.45, 7) is 4.14. The largest absolute Gasteiger partial charge is 0.493 e. The van der Waals surface area contributed by atoms with Crippen molar-refractivity contribution in [1.82, 2.24) is 4.31 Å². The molecule has 104 valence electrons.